The van der Waals surface area contributed by atoms with E-state index in [0.717, 1.165) is 4.88 Å². The van der Waals surface area contributed by atoms with Crippen LogP contribution in [0.1, 0.15) is 17.2 Å². The maximum absolute atomic E-state index is 11.1. The van der Waals surface area contributed by atoms with Crippen LogP contribution in [0.3, 0.4) is 0 Å². The van der Waals surface area contributed by atoms with Gasteiger partial charge in [0.2, 0.25) is 5.89 Å². The van der Waals surface area contributed by atoms with Crippen molar-refractivity contribution in [2.75, 3.05) is 0 Å². The Morgan fingerprint density at radius 3 is 2.81 bits per heavy atom. The minimum atomic E-state index is -0.939. The molecule has 0 radical (unpaired) electrons. The highest BCUT2D eigenvalue weighted by atomic mass is 35.5. The van der Waals surface area contributed by atoms with E-state index in [1.807, 2.05) is 24.3 Å². The molecule has 21 heavy (non-hydrogen) atoms. The lowest BCUT2D eigenvalue weighted by molar-refractivity contribution is -0.135. The molecule has 0 unspecified atom stereocenters. The Hall–Kier alpha value is -2.11. The van der Waals surface area contributed by atoms with Gasteiger partial charge in [-0.15, -0.1) is 11.3 Å². The van der Waals surface area contributed by atoms with Gasteiger partial charge >= 0.3 is 5.97 Å². The van der Waals surface area contributed by atoms with Crippen LogP contribution in [0.5, 0.6) is 0 Å². The Balaban J connectivity index is 2.06. The predicted octanol–water partition coefficient (Wildman–Crippen LogP) is 4.56. The molecule has 2 aromatic heterocycles. The highest BCUT2D eigenvalue weighted by molar-refractivity contribution is 7.17. The summed E-state index contributed by atoms with van der Waals surface area (Å²) >= 11 is 7.27. The molecular weight excluding hydrogens is 310 g/mol. The first-order valence-corrected chi connectivity index (χ1v) is 7.35. The molecule has 0 saturated heterocycles. The summed E-state index contributed by atoms with van der Waals surface area (Å²) < 4.78 is 6.29. The van der Waals surface area contributed by atoms with Crippen LogP contribution in [0.2, 0.25) is 4.34 Å². The molecule has 0 amide bonds. The van der Waals surface area contributed by atoms with Crippen molar-refractivity contribution in [2.45, 2.75) is 6.42 Å². The Morgan fingerprint density at radius 1 is 1.33 bits per heavy atom. The van der Waals surface area contributed by atoms with Gasteiger partial charge in [-0.2, -0.15) is 0 Å². The summed E-state index contributed by atoms with van der Waals surface area (Å²) in [5.74, 6) is -0.616. The van der Waals surface area contributed by atoms with Crippen molar-refractivity contribution >= 4 is 51.7 Å². The molecule has 3 aromatic rings. The number of aromatic nitrogens is 1. The summed E-state index contributed by atoms with van der Waals surface area (Å²) in [6.45, 7) is 0. The molecular formula is C15H10ClNO3S. The number of halogens is 1. The van der Waals surface area contributed by atoms with Crippen molar-refractivity contribution in [3.8, 4) is 0 Å². The number of hydrogen-bond acceptors (Lipinski definition) is 4. The molecule has 1 N–H and O–H groups in total. The molecule has 0 fully saturated rings. The number of benzene rings is 1. The molecule has 0 saturated carbocycles. The fourth-order valence-corrected chi connectivity index (χ4v) is 2.97. The second-order valence-electron chi connectivity index (χ2n) is 4.37. The third kappa shape index (κ3) is 3.15. The maximum Gasteiger partial charge on any atom is 0.308 e. The molecule has 106 valence electrons. The SMILES string of the molecule is O=C(O)CC(=Cc1ccc(Cl)s1)c1nc2ccccc2o1. The number of carboxylic acids is 1. The molecule has 4 nitrogen and oxygen atoms in total. The van der Waals surface area contributed by atoms with Crippen LogP contribution in [-0.2, 0) is 4.79 Å². The van der Waals surface area contributed by atoms with E-state index >= 15 is 0 Å². The molecule has 0 atom stereocenters. The average molecular weight is 320 g/mol. The third-order valence-corrected chi connectivity index (χ3v) is 4.00. The molecule has 0 aliphatic rings. The van der Waals surface area contributed by atoms with Crippen molar-refractivity contribution in [3.63, 3.8) is 0 Å². The number of thiophene rings is 1. The average Bonchev–Trinajstić information content (AvgIpc) is 3.03. The summed E-state index contributed by atoms with van der Waals surface area (Å²) in [6.07, 6.45) is 1.58. The van der Waals surface area contributed by atoms with Crippen LogP contribution in [0.4, 0.5) is 0 Å². The molecule has 0 bridgehead atoms. The third-order valence-electron chi connectivity index (χ3n) is 2.82. The fourth-order valence-electron chi connectivity index (χ4n) is 1.94. The van der Waals surface area contributed by atoms with Crippen molar-refractivity contribution < 1.29 is 14.3 Å². The van der Waals surface area contributed by atoms with Gasteiger partial charge < -0.3 is 9.52 Å². The van der Waals surface area contributed by atoms with E-state index in [4.69, 9.17) is 21.1 Å². The van der Waals surface area contributed by atoms with Gasteiger partial charge in [-0.3, -0.25) is 4.79 Å². The van der Waals surface area contributed by atoms with Gasteiger partial charge in [0.15, 0.2) is 5.58 Å². The molecule has 6 heteroatoms. The maximum atomic E-state index is 11.1. The van der Waals surface area contributed by atoms with Crippen molar-refractivity contribution in [2.24, 2.45) is 0 Å². The van der Waals surface area contributed by atoms with Gasteiger partial charge in [-0.25, -0.2) is 4.98 Å². The summed E-state index contributed by atoms with van der Waals surface area (Å²) in [6, 6.07) is 10.9. The zero-order valence-electron chi connectivity index (χ0n) is 10.7. The highest BCUT2D eigenvalue weighted by Gasteiger charge is 2.14. The van der Waals surface area contributed by atoms with E-state index in [2.05, 4.69) is 4.98 Å². The van der Waals surface area contributed by atoms with E-state index in [1.165, 1.54) is 11.3 Å². The molecule has 3 rings (SSSR count). The molecule has 0 spiro atoms. The minimum absolute atomic E-state index is 0.164. The topological polar surface area (TPSA) is 63.3 Å². The highest BCUT2D eigenvalue weighted by Crippen LogP contribution is 2.29. The van der Waals surface area contributed by atoms with Crippen LogP contribution in [0, 0.1) is 0 Å². The lowest BCUT2D eigenvalue weighted by Crippen LogP contribution is -1.97. The number of nitrogens with zero attached hydrogens (tertiary/aromatic N) is 1. The largest absolute Gasteiger partial charge is 0.481 e. The Bertz CT molecular complexity index is 801. The number of fused-ring (bicyclic) bond motifs is 1. The van der Waals surface area contributed by atoms with Crippen molar-refractivity contribution in [1.82, 2.24) is 4.98 Å². The molecule has 1 aromatic carbocycles. The minimum Gasteiger partial charge on any atom is -0.481 e. The molecule has 0 aliphatic heterocycles. The fraction of sp³-hybridized carbons (Fsp3) is 0.0667. The van der Waals surface area contributed by atoms with Gasteiger partial charge in [0.25, 0.3) is 0 Å². The van der Waals surface area contributed by atoms with Crippen molar-refractivity contribution in [1.29, 1.82) is 0 Å². The first-order chi connectivity index (χ1) is 10.1. The van der Waals surface area contributed by atoms with Crippen LogP contribution in [0.25, 0.3) is 22.7 Å². The van der Waals surface area contributed by atoms with Gasteiger partial charge in [0.05, 0.1) is 10.8 Å². The van der Waals surface area contributed by atoms with Crippen LogP contribution in [0.15, 0.2) is 40.8 Å². The lowest BCUT2D eigenvalue weighted by atomic mass is 10.1. The standard InChI is InChI=1S/C15H10ClNO3S/c16-13-6-5-10(21-13)7-9(8-14(18)19)15-17-11-3-1-2-4-12(11)20-15/h1-7H,8H2,(H,18,19). The van der Waals surface area contributed by atoms with Gasteiger partial charge in [0.1, 0.15) is 5.52 Å². The van der Waals surface area contributed by atoms with E-state index in [1.54, 1.807) is 18.2 Å². The Morgan fingerprint density at radius 2 is 2.14 bits per heavy atom. The first-order valence-electron chi connectivity index (χ1n) is 6.15. The van der Waals surface area contributed by atoms with Gasteiger partial charge in [0, 0.05) is 10.5 Å². The summed E-state index contributed by atoms with van der Waals surface area (Å²) in [5.41, 5.74) is 1.85. The monoisotopic (exact) mass is 319 g/mol. The van der Waals surface area contributed by atoms with Gasteiger partial charge in [-0.05, 0) is 30.3 Å². The quantitative estimate of drug-likeness (QED) is 0.765. The first kappa shape index (κ1) is 13.9. The number of carbonyl (C=O) groups is 1. The Labute approximate surface area is 129 Å². The number of hydrogen-bond donors (Lipinski definition) is 1. The molecule has 2 heterocycles. The number of para-hydroxylation sites is 2. The predicted molar refractivity (Wildman–Crippen MR) is 83.5 cm³/mol. The normalized spacial score (nSPS) is 12.0. The number of carboxylic acid groups (broad SMARTS) is 1. The zero-order valence-corrected chi connectivity index (χ0v) is 12.3. The van der Waals surface area contributed by atoms with Gasteiger partial charge in [-0.1, -0.05) is 23.7 Å². The second-order valence-corrected chi connectivity index (χ2v) is 6.12. The Kier molecular flexibility index (Phi) is 3.77. The zero-order chi connectivity index (χ0) is 14.8. The second kappa shape index (κ2) is 5.71. The molecule has 0 aliphatic carbocycles. The summed E-state index contributed by atoms with van der Waals surface area (Å²) in [7, 11) is 0. The number of oxazole rings is 1. The summed E-state index contributed by atoms with van der Waals surface area (Å²) in [4.78, 5) is 16.3. The van der Waals surface area contributed by atoms with Crippen molar-refractivity contribution in [3.05, 3.63) is 51.5 Å². The smallest absolute Gasteiger partial charge is 0.308 e. The van der Waals surface area contributed by atoms with E-state index in [9.17, 15) is 4.79 Å². The lowest BCUT2D eigenvalue weighted by Gasteiger charge is -1.98. The van der Waals surface area contributed by atoms with E-state index in [0.29, 0.717) is 26.9 Å². The van der Waals surface area contributed by atoms with Crippen LogP contribution < -0.4 is 0 Å². The van der Waals surface area contributed by atoms with Crippen LogP contribution >= 0.6 is 22.9 Å². The van der Waals surface area contributed by atoms with E-state index in [-0.39, 0.29) is 6.42 Å². The number of rotatable bonds is 4. The van der Waals surface area contributed by atoms with E-state index < -0.39 is 5.97 Å². The summed E-state index contributed by atoms with van der Waals surface area (Å²) in [5, 5.41) is 9.07. The number of aliphatic carboxylic acids is 1. The van der Waals surface area contributed by atoms with Crippen LogP contribution in [-0.4, -0.2) is 16.1 Å².